The molecule has 2 atom stereocenters. The van der Waals surface area contributed by atoms with Crippen molar-refractivity contribution in [2.45, 2.75) is 18.9 Å². The Hall–Kier alpha value is -2.60. The summed E-state index contributed by atoms with van der Waals surface area (Å²) in [5, 5.41) is 7.16. The van der Waals surface area contributed by atoms with E-state index >= 15 is 0 Å². The van der Waals surface area contributed by atoms with Gasteiger partial charge in [0.15, 0.2) is 0 Å². The fourth-order valence-electron chi connectivity index (χ4n) is 3.15. The SMILES string of the molecule is O=C(Nc1cccc(OCCn2cccn2)c1)C1CC1c1ccc(Br)cc1. The van der Waals surface area contributed by atoms with Crippen LogP contribution in [-0.2, 0) is 11.3 Å². The van der Waals surface area contributed by atoms with Gasteiger partial charge >= 0.3 is 0 Å². The van der Waals surface area contributed by atoms with E-state index in [1.54, 1.807) is 6.20 Å². The molecule has 0 bridgehead atoms. The summed E-state index contributed by atoms with van der Waals surface area (Å²) < 4.78 is 8.64. The molecule has 138 valence electrons. The van der Waals surface area contributed by atoms with Crippen LogP contribution < -0.4 is 10.1 Å². The maximum atomic E-state index is 12.5. The van der Waals surface area contributed by atoms with Crippen molar-refractivity contribution in [1.82, 2.24) is 9.78 Å². The van der Waals surface area contributed by atoms with E-state index in [4.69, 9.17) is 4.74 Å². The third-order valence-corrected chi connectivity index (χ3v) is 5.20. The normalized spacial score (nSPS) is 18.1. The van der Waals surface area contributed by atoms with E-state index < -0.39 is 0 Å². The van der Waals surface area contributed by atoms with Gasteiger partial charge in [-0.05, 0) is 48.2 Å². The van der Waals surface area contributed by atoms with Crippen LogP contribution in [0.25, 0.3) is 0 Å². The summed E-state index contributed by atoms with van der Waals surface area (Å²) in [4.78, 5) is 12.5. The molecule has 4 rings (SSSR count). The Labute approximate surface area is 166 Å². The summed E-state index contributed by atoms with van der Waals surface area (Å²) in [6.07, 6.45) is 4.54. The predicted molar refractivity (Wildman–Crippen MR) is 108 cm³/mol. The topological polar surface area (TPSA) is 56.1 Å². The first-order chi connectivity index (χ1) is 13.2. The van der Waals surface area contributed by atoms with Crippen LogP contribution in [0.4, 0.5) is 5.69 Å². The standard InChI is InChI=1S/C21H20BrN3O2/c22-16-7-5-15(6-8-16)19-14-20(19)21(26)24-17-3-1-4-18(13-17)27-12-11-25-10-2-9-23-25/h1-10,13,19-20H,11-12,14H2,(H,24,26). The van der Waals surface area contributed by atoms with Crippen LogP contribution in [0.1, 0.15) is 17.9 Å². The zero-order valence-electron chi connectivity index (χ0n) is 14.7. The number of hydrogen-bond donors (Lipinski definition) is 1. The van der Waals surface area contributed by atoms with Crippen LogP contribution in [0, 0.1) is 5.92 Å². The molecule has 1 heterocycles. The number of benzene rings is 2. The van der Waals surface area contributed by atoms with E-state index in [0.717, 1.165) is 22.3 Å². The predicted octanol–water partition coefficient (Wildman–Crippen LogP) is 4.47. The van der Waals surface area contributed by atoms with Crippen LogP contribution in [0.3, 0.4) is 0 Å². The maximum absolute atomic E-state index is 12.5. The minimum atomic E-state index is 0.0376. The Kier molecular flexibility index (Phi) is 5.25. The summed E-state index contributed by atoms with van der Waals surface area (Å²) in [7, 11) is 0. The molecule has 1 aliphatic rings. The second kappa shape index (κ2) is 7.96. The Morgan fingerprint density at radius 2 is 2.07 bits per heavy atom. The van der Waals surface area contributed by atoms with E-state index in [9.17, 15) is 4.79 Å². The summed E-state index contributed by atoms with van der Waals surface area (Å²) in [6.45, 7) is 1.20. The number of anilines is 1. The molecule has 27 heavy (non-hydrogen) atoms. The number of nitrogens with zero attached hydrogens (tertiary/aromatic N) is 2. The first-order valence-corrected chi connectivity index (χ1v) is 9.75. The molecule has 1 aromatic heterocycles. The van der Waals surface area contributed by atoms with Gasteiger partial charge in [-0.25, -0.2) is 0 Å². The number of rotatable bonds is 7. The van der Waals surface area contributed by atoms with Crippen molar-refractivity contribution in [1.29, 1.82) is 0 Å². The van der Waals surface area contributed by atoms with E-state index in [0.29, 0.717) is 19.1 Å². The molecule has 1 saturated carbocycles. The fraction of sp³-hybridized carbons (Fsp3) is 0.238. The molecule has 0 aliphatic heterocycles. The Balaban J connectivity index is 1.30. The first kappa shape index (κ1) is 17.8. The number of amides is 1. The molecule has 2 aromatic carbocycles. The van der Waals surface area contributed by atoms with Gasteiger partial charge < -0.3 is 10.1 Å². The number of nitrogens with one attached hydrogen (secondary N) is 1. The van der Waals surface area contributed by atoms with E-state index in [1.807, 2.05) is 53.3 Å². The van der Waals surface area contributed by atoms with Gasteiger partial charge in [0.2, 0.25) is 5.91 Å². The van der Waals surface area contributed by atoms with Gasteiger partial charge in [0.25, 0.3) is 0 Å². The first-order valence-electron chi connectivity index (χ1n) is 8.96. The van der Waals surface area contributed by atoms with Crippen molar-refractivity contribution in [3.05, 3.63) is 77.0 Å². The summed E-state index contributed by atoms with van der Waals surface area (Å²) >= 11 is 3.44. The summed E-state index contributed by atoms with van der Waals surface area (Å²) in [5.41, 5.74) is 1.98. The van der Waals surface area contributed by atoms with Crippen LogP contribution in [0.2, 0.25) is 0 Å². The maximum Gasteiger partial charge on any atom is 0.228 e. The molecule has 0 spiro atoms. The number of aromatic nitrogens is 2. The lowest BCUT2D eigenvalue weighted by atomic mass is 10.1. The van der Waals surface area contributed by atoms with Crippen LogP contribution in [-0.4, -0.2) is 22.3 Å². The Bertz CT molecular complexity index is 909. The monoisotopic (exact) mass is 425 g/mol. The van der Waals surface area contributed by atoms with Gasteiger partial charge in [0.1, 0.15) is 12.4 Å². The molecule has 5 nitrogen and oxygen atoms in total. The average molecular weight is 426 g/mol. The smallest absolute Gasteiger partial charge is 0.228 e. The number of carbonyl (C=O) groups excluding carboxylic acids is 1. The van der Waals surface area contributed by atoms with E-state index in [1.165, 1.54) is 5.56 Å². The lowest BCUT2D eigenvalue weighted by molar-refractivity contribution is -0.117. The molecule has 0 saturated heterocycles. The molecule has 0 radical (unpaired) electrons. The van der Waals surface area contributed by atoms with Gasteiger partial charge in [-0.1, -0.05) is 34.1 Å². The van der Waals surface area contributed by atoms with Gasteiger partial charge in [-0.15, -0.1) is 0 Å². The zero-order valence-corrected chi connectivity index (χ0v) is 16.3. The van der Waals surface area contributed by atoms with E-state index in [-0.39, 0.29) is 11.8 Å². The molecule has 1 amide bonds. The minimum Gasteiger partial charge on any atom is -0.492 e. The van der Waals surface area contributed by atoms with Crippen LogP contribution in [0.15, 0.2) is 71.5 Å². The van der Waals surface area contributed by atoms with Crippen molar-refractivity contribution in [2.24, 2.45) is 5.92 Å². The third-order valence-electron chi connectivity index (χ3n) is 4.68. The minimum absolute atomic E-state index is 0.0376. The van der Waals surface area contributed by atoms with Crippen molar-refractivity contribution in [2.75, 3.05) is 11.9 Å². The van der Waals surface area contributed by atoms with Crippen molar-refractivity contribution in [3.63, 3.8) is 0 Å². The van der Waals surface area contributed by atoms with Crippen molar-refractivity contribution < 1.29 is 9.53 Å². The molecule has 3 aromatic rings. The number of carbonyl (C=O) groups is 1. The van der Waals surface area contributed by atoms with Crippen molar-refractivity contribution in [3.8, 4) is 5.75 Å². The molecule has 2 unspecified atom stereocenters. The number of ether oxygens (including phenoxy) is 1. The van der Waals surface area contributed by atoms with Gasteiger partial charge in [-0.3, -0.25) is 9.48 Å². The van der Waals surface area contributed by atoms with E-state index in [2.05, 4.69) is 38.5 Å². The molecule has 1 aliphatic carbocycles. The highest BCUT2D eigenvalue weighted by atomic mass is 79.9. The molecular weight excluding hydrogens is 406 g/mol. The van der Waals surface area contributed by atoms with Crippen molar-refractivity contribution >= 4 is 27.5 Å². The second-order valence-corrected chi connectivity index (χ2v) is 7.55. The highest BCUT2D eigenvalue weighted by molar-refractivity contribution is 9.10. The number of hydrogen-bond acceptors (Lipinski definition) is 3. The lowest BCUT2D eigenvalue weighted by Crippen LogP contribution is -2.14. The molecular formula is C21H20BrN3O2. The quantitative estimate of drug-likeness (QED) is 0.607. The van der Waals surface area contributed by atoms with Gasteiger partial charge in [0, 0.05) is 34.5 Å². The average Bonchev–Trinajstić information content (AvgIpc) is 3.31. The highest BCUT2D eigenvalue weighted by Crippen LogP contribution is 2.48. The largest absolute Gasteiger partial charge is 0.492 e. The van der Waals surface area contributed by atoms with Gasteiger partial charge in [-0.2, -0.15) is 5.10 Å². The lowest BCUT2D eigenvalue weighted by Gasteiger charge is -2.09. The number of halogens is 1. The zero-order chi connectivity index (χ0) is 18.6. The summed E-state index contributed by atoms with van der Waals surface area (Å²) in [6, 6.07) is 17.6. The summed E-state index contributed by atoms with van der Waals surface area (Å²) in [5.74, 6) is 1.15. The molecule has 1 N–H and O–H groups in total. The van der Waals surface area contributed by atoms with Gasteiger partial charge in [0.05, 0.1) is 6.54 Å². The van der Waals surface area contributed by atoms with Crippen LogP contribution in [0.5, 0.6) is 5.75 Å². The Morgan fingerprint density at radius 3 is 2.85 bits per heavy atom. The molecule has 1 fully saturated rings. The molecule has 6 heteroatoms. The second-order valence-electron chi connectivity index (χ2n) is 6.63. The highest BCUT2D eigenvalue weighted by Gasteiger charge is 2.43. The van der Waals surface area contributed by atoms with Crippen LogP contribution >= 0.6 is 15.9 Å². The fourth-order valence-corrected chi connectivity index (χ4v) is 3.42. The third kappa shape index (κ3) is 4.57. The Morgan fingerprint density at radius 1 is 1.22 bits per heavy atom.